The Kier molecular flexibility index (Phi) is 5.79. The van der Waals surface area contributed by atoms with Crippen molar-refractivity contribution in [2.24, 2.45) is 0 Å². The van der Waals surface area contributed by atoms with Gasteiger partial charge in [-0.1, -0.05) is 12.1 Å². The van der Waals surface area contributed by atoms with Gasteiger partial charge in [-0.3, -0.25) is 4.79 Å². The van der Waals surface area contributed by atoms with Gasteiger partial charge in [0.15, 0.2) is 0 Å². The molecular weight excluding hydrogens is 385 g/mol. The minimum Gasteiger partial charge on any atom is -0.478 e. The first-order valence-corrected chi connectivity index (χ1v) is 9.02. The van der Waals surface area contributed by atoms with Crippen LogP contribution < -0.4 is 5.32 Å². The maximum Gasteiger partial charge on any atom is 0.337 e. The minimum atomic E-state index is -1.05. The number of para-hydroxylation sites is 1. The number of hydrogen-bond acceptors (Lipinski definition) is 3. The fraction of sp³-hybridized carbons (Fsp3) is 0.0870. The Hall–Kier alpha value is -4.18. The van der Waals surface area contributed by atoms with E-state index in [4.69, 9.17) is 0 Å². The highest BCUT2D eigenvalue weighted by molar-refractivity contribution is 6.09. The SMILES string of the molecule is Cc1cc(/C=C(/C#N)C(=O)Nc2ccc(F)cc2)c(C)n1-c1ccccc1C(=O)O. The number of nitrogens with one attached hydrogen (secondary N) is 1. The lowest BCUT2D eigenvalue weighted by Gasteiger charge is -2.12. The number of halogens is 1. The molecule has 0 fully saturated rings. The number of carbonyl (C=O) groups is 2. The molecule has 150 valence electrons. The van der Waals surface area contributed by atoms with E-state index in [1.807, 2.05) is 13.0 Å². The van der Waals surface area contributed by atoms with E-state index >= 15 is 0 Å². The number of aromatic nitrogens is 1. The van der Waals surface area contributed by atoms with Gasteiger partial charge in [0, 0.05) is 17.1 Å². The van der Waals surface area contributed by atoms with Crippen LogP contribution in [0.15, 0.2) is 60.2 Å². The molecule has 3 rings (SSSR count). The molecule has 2 aromatic carbocycles. The number of carboxylic acids is 1. The smallest absolute Gasteiger partial charge is 0.337 e. The summed E-state index contributed by atoms with van der Waals surface area (Å²) in [5, 5.41) is 21.5. The van der Waals surface area contributed by atoms with Gasteiger partial charge in [-0.15, -0.1) is 0 Å². The van der Waals surface area contributed by atoms with Crippen LogP contribution in [0.4, 0.5) is 10.1 Å². The van der Waals surface area contributed by atoms with Crippen LogP contribution in [-0.4, -0.2) is 21.6 Å². The Labute approximate surface area is 172 Å². The number of aryl methyl sites for hydroxylation is 1. The molecule has 6 nitrogen and oxygen atoms in total. The van der Waals surface area contributed by atoms with Crippen molar-refractivity contribution < 1.29 is 19.1 Å². The van der Waals surface area contributed by atoms with Crippen molar-refractivity contribution >= 4 is 23.6 Å². The first-order chi connectivity index (χ1) is 14.3. The highest BCUT2D eigenvalue weighted by atomic mass is 19.1. The number of amides is 1. The second-order valence-corrected chi connectivity index (χ2v) is 6.62. The van der Waals surface area contributed by atoms with Crippen molar-refractivity contribution in [3.8, 4) is 11.8 Å². The average Bonchev–Trinajstić information content (AvgIpc) is 3.00. The lowest BCUT2D eigenvalue weighted by atomic mass is 10.1. The first-order valence-electron chi connectivity index (χ1n) is 9.02. The molecule has 0 spiro atoms. The van der Waals surface area contributed by atoms with Gasteiger partial charge in [-0.05, 0) is 68.0 Å². The quantitative estimate of drug-likeness (QED) is 0.485. The van der Waals surface area contributed by atoms with E-state index in [2.05, 4.69) is 5.32 Å². The van der Waals surface area contributed by atoms with Crippen molar-refractivity contribution in [1.29, 1.82) is 5.26 Å². The zero-order valence-corrected chi connectivity index (χ0v) is 16.3. The van der Waals surface area contributed by atoms with Crippen LogP contribution in [0.3, 0.4) is 0 Å². The monoisotopic (exact) mass is 403 g/mol. The van der Waals surface area contributed by atoms with E-state index in [1.165, 1.54) is 36.4 Å². The Balaban J connectivity index is 1.98. The third kappa shape index (κ3) is 4.13. The van der Waals surface area contributed by atoms with Crippen LogP contribution in [0, 0.1) is 31.0 Å². The molecule has 0 radical (unpaired) electrons. The lowest BCUT2D eigenvalue weighted by molar-refractivity contribution is -0.112. The van der Waals surface area contributed by atoms with Crippen molar-refractivity contribution in [2.75, 3.05) is 5.32 Å². The van der Waals surface area contributed by atoms with E-state index in [1.54, 1.807) is 35.8 Å². The van der Waals surface area contributed by atoms with Gasteiger partial charge in [-0.25, -0.2) is 9.18 Å². The molecule has 1 amide bonds. The Morgan fingerprint density at radius 2 is 1.80 bits per heavy atom. The molecule has 0 aliphatic heterocycles. The zero-order chi connectivity index (χ0) is 21.8. The molecular formula is C23H18FN3O3. The summed E-state index contributed by atoms with van der Waals surface area (Å²) in [4.78, 5) is 24.1. The molecule has 2 N–H and O–H groups in total. The maximum absolute atomic E-state index is 13.0. The maximum atomic E-state index is 13.0. The number of anilines is 1. The molecule has 0 atom stereocenters. The molecule has 1 heterocycles. The van der Waals surface area contributed by atoms with Gasteiger partial charge >= 0.3 is 5.97 Å². The highest BCUT2D eigenvalue weighted by Crippen LogP contribution is 2.25. The molecule has 0 saturated heterocycles. The van der Waals surface area contributed by atoms with Gasteiger partial charge in [0.2, 0.25) is 0 Å². The van der Waals surface area contributed by atoms with Gasteiger partial charge < -0.3 is 15.0 Å². The molecule has 0 saturated carbocycles. The first kappa shape index (κ1) is 20.6. The van der Waals surface area contributed by atoms with Crippen LogP contribution >= 0.6 is 0 Å². The Morgan fingerprint density at radius 3 is 2.43 bits per heavy atom. The Bertz CT molecular complexity index is 1200. The molecule has 0 unspecified atom stereocenters. The summed E-state index contributed by atoms with van der Waals surface area (Å²) in [6.07, 6.45) is 1.45. The Morgan fingerprint density at radius 1 is 1.13 bits per heavy atom. The number of rotatable bonds is 5. The third-order valence-corrected chi connectivity index (χ3v) is 4.61. The molecule has 0 aliphatic rings. The molecule has 7 heteroatoms. The largest absolute Gasteiger partial charge is 0.478 e. The standard InChI is InChI=1S/C23H18FN3O3/c1-14-11-16(15(2)27(14)21-6-4-3-5-20(21)23(29)30)12-17(13-25)22(28)26-19-9-7-18(24)8-10-19/h3-12H,1-2H3,(H,26,28)(H,29,30)/b17-12-. The fourth-order valence-electron chi connectivity index (χ4n) is 3.19. The minimum absolute atomic E-state index is 0.133. The summed E-state index contributed by atoms with van der Waals surface area (Å²) in [6.45, 7) is 3.60. The van der Waals surface area contributed by atoms with Gasteiger partial charge in [0.25, 0.3) is 5.91 Å². The van der Waals surface area contributed by atoms with Crippen molar-refractivity contribution in [2.45, 2.75) is 13.8 Å². The number of benzene rings is 2. The number of nitrogens with zero attached hydrogens (tertiary/aromatic N) is 2. The topological polar surface area (TPSA) is 95.1 Å². The number of carbonyl (C=O) groups excluding carboxylic acids is 1. The summed E-state index contributed by atoms with van der Waals surface area (Å²) in [6, 6.07) is 15.5. The van der Waals surface area contributed by atoms with E-state index < -0.39 is 17.7 Å². The third-order valence-electron chi connectivity index (χ3n) is 4.61. The number of nitriles is 1. The van der Waals surface area contributed by atoms with Gasteiger partial charge in [0.05, 0.1) is 11.3 Å². The van der Waals surface area contributed by atoms with Crippen LogP contribution in [0.25, 0.3) is 11.8 Å². The van der Waals surface area contributed by atoms with E-state index in [0.29, 0.717) is 22.6 Å². The summed E-state index contributed by atoms with van der Waals surface area (Å²) < 4.78 is 14.8. The van der Waals surface area contributed by atoms with Gasteiger partial charge in [-0.2, -0.15) is 5.26 Å². The van der Waals surface area contributed by atoms with E-state index in [0.717, 1.165) is 5.69 Å². The van der Waals surface area contributed by atoms with Gasteiger partial charge in [0.1, 0.15) is 17.5 Å². The van der Waals surface area contributed by atoms with E-state index in [-0.39, 0.29) is 11.1 Å². The predicted octanol–water partition coefficient (Wildman–Crippen LogP) is 4.48. The van der Waals surface area contributed by atoms with Crippen LogP contribution in [-0.2, 0) is 4.79 Å². The van der Waals surface area contributed by atoms with Crippen molar-refractivity contribution in [1.82, 2.24) is 4.57 Å². The zero-order valence-electron chi connectivity index (χ0n) is 16.3. The number of aromatic carboxylic acids is 1. The summed E-state index contributed by atoms with van der Waals surface area (Å²) in [5.74, 6) is -2.11. The van der Waals surface area contributed by atoms with Crippen molar-refractivity contribution in [3.05, 3.63) is 88.5 Å². The predicted molar refractivity (Wildman–Crippen MR) is 111 cm³/mol. The van der Waals surface area contributed by atoms with Crippen LogP contribution in [0.1, 0.15) is 27.3 Å². The normalized spacial score (nSPS) is 11.1. The molecule has 1 aromatic heterocycles. The number of hydrogen-bond donors (Lipinski definition) is 2. The molecule has 0 bridgehead atoms. The van der Waals surface area contributed by atoms with Crippen LogP contribution in [0.5, 0.6) is 0 Å². The summed E-state index contributed by atoms with van der Waals surface area (Å²) in [7, 11) is 0. The molecule has 3 aromatic rings. The van der Waals surface area contributed by atoms with E-state index in [9.17, 15) is 24.3 Å². The van der Waals surface area contributed by atoms with Crippen LogP contribution in [0.2, 0.25) is 0 Å². The summed E-state index contributed by atoms with van der Waals surface area (Å²) >= 11 is 0. The number of carboxylic acid groups (broad SMARTS) is 1. The fourth-order valence-corrected chi connectivity index (χ4v) is 3.19. The average molecular weight is 403 g/mol. The second kappa shape index (κ2) is 8.45. The lowest BCUT2D eigenvalue weighted by Crippen LogP contribution is -2.13. The molecule has 30 heavy (non-hydrogen) atoms. The summed E-state index contributed by atoms with van der Waals surface area (Å²) in [5.41, 5.74) is 2.92. The highest BCUT2D eigenvalue weighted by Gasteiger charge is 2.17. The van der Waals surface area contributed by atoms with Crippen molar-refractivity contribution in [3.63, 3.8) is 0 Å². The second-order valence-electron chi connectivity index (χ2n) is 6.62. The molecule has 0 aliphatic carbocycles.